The summed E-state index contributed by atoms with van der Waals surface area (Å²) in [4.78, 5) is 185. The van der Waals surface area contributed by atoms with E-state index < -0.39 is 124 Å². The molecule has 6 aliphatic heterocycles. The fourth-order valence-electron chi connectivity index (χ4n) is 17.1. The Morgan fingerprint density at radius 1 is 0.430 bits per heavy atom. The van der Waals surface area contributed by atoms with E-state index >= 15 is 0 Å². The standard InChI is InChI=1S/C33H39FN4O7.C28H31FN4O5.C20H25N3O6.C13H15BrFNO.3CH4.3H2S/c1-19-7-8-20-15-23(34)10-9-22(20)17-37(19)26(39)18-38-28(41)33(45-30(38)43)14-13-21-16-24(11-12-25(21)33)35-27(40)32(5,6)36-29(42)44-31(2,3)4;1-16-4-5-17-12-20(29)7-6-19(17)14-32(16)23(34)15-33-25(36)28(38-26(33)37)11-10-18-13-21(8-9-22(18)28)31-24(35)27(2,3)30;1-18(2,3)28-17(27)23-19(4,5)14(24)21-12-6-7-13-11(10-12)8-9-20(13)15(25)22-16(26)29-20;1-9-2-3-10-6-12(15)5-4-11(10)8-16(9)13(17)7-14;;;;;;/h9-12,15-16,19H,7-8,13-14,17-18H2,1-6H3,(H,35,40)(H,36,42);6-9,12-13,16H,4-5,10-11,14-15,30H2,1-3H3,(H,31,35);6-7,10H,8-9H2,1-5H3,(H,21,24)(H,23,27)(H,22,25,26);4-6,9H,2-3,7-8H2,1H3;3*1H4;3*1H2/t19-,33?;16-,28?;;9-;;;;;;/m11.1....../s1. The van der Waals surface area contributed by atoms with Crippen LogP contribution in [0.25, 0.3) is 0 Å². The van der Waals surface area contributed by atoms with E-state index in [0.29, 0.717) is 103 Å². The molecule has 135 heavy (non-hydrogen) atoms. The Morgan fingerprint density at radius 2 is 0.741 bits per heavy atom. The average Bonchev–Trinajstić information content (AvgIpc) is 1.58. The molecule has 31 nitrogen and oxygen atoms in total. The number of hydrogen-bond donors (Lipinski definition) is 7. The molecule has 8 N–H and O–H groups in total. The Bertz CT molecular complexity index is 5570. The number of imide groups is 3. The van der Waals surface area contributed by atoms with Crippen LogP contribution in [0.1, 0.15) is 231 Å². The van der Waals surface area contributed by atoms with E-state index in [2.05, 4.69) is 47.8 Å². The van der Waals surface area contributed by atoms with Crippen molar-refractivity contribution in [2.75, 3.05) is 34.4 Å². The highest BCUT2D eigenvalue weighted by Gasteiger charge is 2.61. The van der Waals surface area contributed by atoms with Crippen LogP contribution in [0.15, 0.2) is 109 Å². The lowest BCUT2D eigenvalue weighted by molar-refractivity contribution is -0.143. The molecule has 0 aromatic heterocycles. The van der Waals surface area contributed by atoms with Gasteiger partial charge in [-0.25, -0.2) is 46.9 Å². The average molecular weight is 2000 g/mol. The lowest BCUT2D eigenvalue weighted by Crippen LogP contribution is -2.53. The quantitative estimate of drug-likeness (QED) is 0.0417. The summed E-state index contributed by atoms with van der Waals surface area (Å²) in [5.74, 6) is -4.45. The number of aryl methyl sites for hydroxylation is 6. The zero-order valence-electron chi connectivity index (χ0n) is 76.4. The summed E-state index contributed by atoms with van der Waals surface area (Å²) in [6.45, 7) is 25.8. The molecule has 3 saturated heterocycles. The van der Waals surface area contributed by atoms with Crippen molar-refractivity contribution in [2.45, 2.75) is 286 Å². The van der Waals surface area contributed by atoms with Crippen molar-refractivity contribution >= 4 is 157 Å². The van der Waals surface area contributed by atoms with Gasteiger partial charge >= 0.3 is 30.5 Å². The molecule has 15 rings (SSSR count). The van der Waals surface area contributed by atoms with E-state index in [1.54, 1.807) is 172 Å². The van der Waals surface area contributed by atoms with Crippen LogP contribution in [0.2, 0.25) is 0 Å². The highest BCUT2D eigenvalue weighted by Crippen LogP contribution is 2.49. The first-order chi connectivity index (χ1) is 60.3. The van der Waals surface area contributed by atoms with Gasteiger partial charge in [-0.05, 0) is 285 Å². The highest BCUT2D eigenvalue weighted by atomic mass is 79.9. The van der Waals surface area contributed by atoms with Crippen LogP contribution in [0.4, 0.5) is 54.2 Å². The maximum atomic E-state index is 13.8. The number of hydrogen-bond acceptors (Lipinski definition) is 20. The monoisotopic (exact) mass is 2000 g/mol. The molecule has 3 spiro atoms. The van der Waals surface area contributed by atoms with Crippen molar-refractivity contribution < 1.29 is 104 Å². The first-order valence-corrected chi connectivity index (χ1v) is 44.0. The molecule has 736 valence electrons. The summed E-state index contributed by atoms with van der Waals surface area (Å²) in [5.41, 5.74) is 7.46. The van der Waals surface area contributed by atoms with Crippen molar-refractivity contribution in [3.8, 4) is 0 Å². The molecule has 3 unspecified atom stereocenters. The number of carbonyl (C=O) groups is 14. The van der Waals surface area contributed by atoms with Crippen LogP contribution in [-0.4, -0.2) is 172 Å². The predicted molar refractivity (Wildman–Crippen MR) is 521 cm³/mol. The van der Waals surface area contributed by atoms with Crippen LogP contribution < -0.4 is 37.6 Å². The summed E-state index contributed by atoms with van der Waals surface area (Å²) >= 11 is 3.20. The zero-order chi connectivity index (χ0) is 94.3. The third kappa shape index (κ3) is 25.2. The number of ether oxygens (including phenoxy) is 5. The molecule has 0 radical (unpaired) electrons. The smallest absolute Gasteiger partial charge is 0.418 e. The van der Waals surface area contributed by atoms with Crippen molar-refractivity contribution in [2.24, 2.45) is 5.73 Å². The largest absolute Gasteiger partial charge is 0.444 e. The molecule has 0 bridgehead atoms. The van der Waals surface area contributed by atoms with Crippen molar-refractivity contribution in [3.05, 3.63) is 193 Å². The van der Waals surface area contributed by atoms with E-state index in [1.165, 1.54) is 30.3 Å². The molecular weight excluding hydrogens is 1870 g/mol. The molecule has 38 heteroatoms. The minimum atomic E-state index is -1.55. The number of amides is 14. The van der Waals surface area contributed by atoms with Gasteiger partial charge in [0.25, 0.3) is 17.7 Å². The van der Waals surface area contributed by atoms with Gasteiger partial charge in [0.1, 0.15) is 52.8 Å². The highest BCUT2D eigenvalue weighted by molar-refractivity contribution is 9.09. The van der Waals surface area contributed by atoms with Gasteiger partial charge in [0.05, 0.1) is 10.9 Å². The number of rotatable bonds is 13. The third-order valence-corrected chi connectivity index (χ3v) is 24.7. The Hall–Kier alpha value is -11.2. The second-order valence-corrected chi connectivity index (χ2v) is 38.2. The van der Waals surface area contributed by atoms with Gasteiger partial charge in [0, 0.05) is 90.8 Å². The number of anilines is 3. The topological polar surface area (TPSA) is 400 Å². The van der Waals surface area contributed by atoms with E-state index in [9.17, 15) is 80.3 Å². The lowest BCUT2D eigenvalue weighted by Gasteiger charge is -2.29. The van der Waals surface area contributed by atoms with Crippen LogP contribution in [0, 0.1) is 17.5 Å². The Balaban J connectivity index is 0.000000284. The van der Waals surface area contributed by atoms with Gasteiger partial charge in [-0.3, -0.25) is 48.5 Å². The van der Waals surface area contributed by atoms with Crippen molar-refractivity contribution in [1.29, 1.82) is 0 Å². The minimum Gasteiger partial charge on any atom is -0.444 e. The van der Waals surface area contributed by atoms with E-state index in [4.69, 9.17) is 29.4 Å². The number of benzene rings is 6. The molecule has 9 aliphatic rings. The first kappa shape index (κ1) is 113. The van der Waals surface area contributed by atoms with Gasteiger partial charge in [-0.2, -0.15) is 40.5 Å². The minimum absolute atomic E-state index is 0. The van der Waals surface area contributed by atoms with Gasteiger partial charge in [0.2, 0.25) is 52.2 Å². The number of alkyl carbamates (subject to hydrolysis) is 3. The summed E-state index contributed by atoms with van der Waals surface area (Å²) in [6.07, 6.45) is 2.47. The number of nitrogens with one attached hydrogen (secondary N) is 6. The lowest BCUT2D eigenvalue weighted by atomic mass is 9.94. The maximum absolute atomic E-state index is 13.8. The van der Waals surface area contributed by atoms with Crippen LogP contribution >= 0.6 is 56.4 Å². The number of halogens is 4. The Morgan fingerprint density at radius 3 is 1.04 bits per heavy atom. The fraction of sp³-hybridized carbons (Fsp3) is 0.485. The molecule has 3 aliphatic carbocycles. The Labute approximate surface area is 815 Å². The first-order valence-electron chi connectivity index (χ1n) is 42.9. The number of nitrogens with two attached hydrogens (primary N) is 1. The predicted octanol–water partition coefficient (Wildman–Crippen LogP) is 15.0. The van der Waals surface area contributed by atoms with Crippen LogP contribution in [0.5, 0.6) is 0 Å². The summed E-state index contributed by atoms with van der Waals surface area (Å²) in [5, 5.41) is 15.9. The number of carbonyl (C=O) groups excluding carboxylic acids is 14. The second kappa shape index (κ2) is 43.8. The molecule has 6 atom stereocenters. The molecule has 0 saturated carbocycles. The normalized spacial score (nSPS) is 20.4. The van der Waals surface area contributed by atoms with Gasteiger partial charge in [0.15, 0.2) is 0 Å². The van der Waals surface area contributed by atoms with Crippen molar-refractivity contribution in [1.82, 2.24) is 40.4 Å². The van der Waals surface area contributed by atoms with Gasteiger partial charge in [-0.1, -0.05) is 74.6 Å². The van der Waals surface area contributed by atoms with E-state index in [-0.39, 0.29) is 142 Å². The zero-order valence-corrected chi connectivity index (χ0v) is 81.0. The number of fused-ring (bicyclic) bond motifs is 9. The molecule has 14 amide bonds. The SMILES string of the molecule is C.C.C.CC(C)(C)OC(=O)NC(C)(C)C(=O)Nc1ccc2c(c1)CCC21OC(=O)NC1=O.C[C@@H]1CCc2cc(F)ccc2CN1C(=O)CBr.C[C@@H]1CCc2cc(F)ccc2CN1C(=O)CN1C(=O)OC2(CCc3cc(NC(=O)C(C)(C)N)ccc32)C1=O.C[C@@H]1CCc2cc(F)ccc2CN1C(=O)CN1C(=O)OC2(CCc3cc(NC(=O)C(C)(C)NC(=O)OC(C)(C)C)ccc32)C1=O.S.S.S. The maximum Gasteiger partial charge on any atom is 0.418 e. The summed E-state index contributed by atoms with van der Waals surface area (Å²) in [6, 6.07) is 28.8. The molecular formula is C97H128BrF3N12O19S3. The Kier molecular flexibility index (Phi) is 36.5. The molecule has 3 fully saturated rings. The molecule has 6 heterocycles. The van der Waals surface area contributed by atoms with Gasteiger partial charge in [-0.15, -0.1) is 0 Å². The number of alkyl halides is 1. The summed E-state index contributed by atoms with van der Waals surface area (Å²) < 4.78 is 67.7. The van der Waals surface area contributed by atoms with Crippen LogP contribution in [-0.2, 0) is 142 Å². The third-order valence-electron chi connectivity index (χ3n) is 24.3. The molecule has 6 aromatic carbocycles. The van der Waals surface area contributed by atoms with Gasteiger partial charge < -0.3 is 70.7 Å². The van der Waals surface area contributed by atoms with E-state index in [0.717, 1.165) is 67.1 Å². The van der Waals surface area contributed by atoms with E-state index in [1.807, 2.05) is 25.7 Å². The fourth-order valence-corrected chi connectivity index (χ4v) is 17.4. The summed E-state index contributed by atoms with van der Waals surface area (Å²) in [7, 11) is 0. The molecule has 6 aromatic rings. The number of nitrogens with zero attached hydrogens (tertiary/aromatic N) is 5. The second-order valence-electron chi connectivity index (χ2n) is 37.6. The van der Waals surface area contributed by atoms with Crippen LogP contribution in [0.3, 0.4) is 0 Å². The van der Waals surface area contributed by atoms with Crippen molar-refractivity contribution in [3.63, 3.8) is 0 Å².